The number of carbonyl (C=O) groups excluding carboxylic acids is 3. The first-order valence-electron chi connectivity index (χ1n) is 7.95. The van der Waals surface area contributed by atoms with Crippen molar-refractivity contribution in [1.82, 2.24) is 9.62 Å². The highest BCUT2D eigenvalue weighted by Crippen LogP contribution is 2.29. The number of ether oxygens (including phenoxy) is 2. The second-order valence-corrected chi connectivity index (χ2v) is 6.92. The van der Waals surface area contributed by atoms with Crippen LogP contribution in [0.3, 0.4) is 0 Å². The van der Waals surface area contributed by atoms with E-state index in [9.17, 15) is 14.4 Å². The van der Waals surface area contributed by atoms with Crippen molar-refractivity contribution in [2.45, 2.75) is 32.5 Å². The topological polar surface area (TPSA) is 84.9 Å². The number of benzene rings is 1. The number of hydrogen-bond acceptors (Lipinski definition) is 6. The maximum absolute atomic E-state index is 12.5. The first-order valence-corrected chi connectivity index (χ1v) is 8.89. The van der Waals surface area contributed by atoms with Crippen molar-refractivity contribution in [3.05, 3.63) is 35.9 Å². The molecule has 2 atom stereocenters. The van der Waals surface area contributed by atoms with Gasteiger partial charge in [0.2, 0.25) is 0 Å². The number of rotatable bonds is 6. The summed E-state index contributed by atoms with van der Waals surface area (Å²) in [5, 5.41) is 2.55. The summed E-state index contributed by atoms with van der Waals surface area (Å²) in [7, 11) is 1.29. The van der Waals surface area contributed by atoms with Crippen molar-refractivity contribution >= 4 is 29.9 Å². The smallest absolute Gasteiger partial charge is 0.408 e. The van der Waals surface area contributed by atoms with Crippen LogP contribution in [-0.4, -0.2) is 47.2 Å². The van der Waals surface area contributed by atoms with Gasteiger partial charge >= 0.3 is 12.1 Å². The van der Waals surface area contributed by atoms with Gasteiger partial charge in [0.25, 0.3) is 5.91 Å². The molecule has 0 radical (unpaired) electrons. The monoisotopic (exact) mass is 366 g/mol. The van der Waals surface area contributed by atoms with E-state index in [1.54, 1.807) is 0 Å². The zero-order valence-electron chi connectivity index (χ0n) is 14.4. The number of methoxy groups -OCH3 is 1. The van der Waals surface area contributed by atoms with Gasteiger partial charge < -0.3 is 14.8 Å². The van der Waals surface area contributed by atoms with E-state index in [0.29, 0.717) is 5.75 Å². The Morgan fingerprint density at radius 1 is 1.32 bits per heavy atom. The molecule has 1 N–H and O–H groups in total. The maximum Gasteiger partial charge on any atom is 0.408 e. The Bertz CT molecular complexity index is 623. The lowest BCUT2D eigenvalue weighted by atomic mass is 10.0. The van der Waals surface area contributed by atoms with Crippen molar-refractivity contribution in [3.8, 4) is 0 Å². The van der Waals surface area contributed by atoms with Crippen LogP contribution in [0.4, 0.5) is 4.79 Å². The first kappa shape index (κ1) is 19.1. The largest absolute Gasteiger partial charge is 0.467 e. The van der Waals surface area contributed by atoms with Crippen molar-refractivity contribution in [2.75, 3.05) is 12.9 Å². The van der Waals surface area contributed by atoms with E-state index in [1.807, 2.05) is 44.2 Å². The normalized spacial score (nSPS) is 18.2. The number of carbonyl (C=O) groups is 3. The van der Waals surface area contributed by atoms with E-state index in [-0.39, 0.29) is 18.4 Å². The van der Waals surface area contributed by atoms with Crippen molar-refractivity contribution in [2.24, 2.45) is 5.92 Å². The fourth-order valence-electron chi connectivity index (χ4n) is 2.43. The number of amides is 2. The molecular weight excluding hydrogens is 344 g/mol. The summed E-state index contributed by atoms with van der Waals surface area (Å²) < 4.78 is 11.3. The minimum atomic E-state index is -0.723. The number of esters is 1. The van der Waals surface area contributed by atoms with Crippen LogP contribution in [0.15, 0.2) is 30.3 Å². The second-order valence-electron chi connectivity index (χ2n) is 5.93. The summed E-state index contributed by atoms with van der Waals surface area (Å²) in [5.74, 6) is -0.555. The van der Waals surface area contributed by atoms with Gasteiger partial charge in [-0.3, -0.25) is 9.10 Å². The van der Waals surface area contributed by atoms with E-state index in [2.05, 4.69) is 5.32 Å². The van der Waals surface area contributed by atoms with Gasteiger partial charge in [0.05, 0.1) is 7.11 Å². The lowest BCUT2D eigenvalue weighted by Crippen LogP contribution is -2.48. The van der Waals surface area contributed by atoms with Crippen molar-refractivity contribution < 1.29 is 23.9 Å². The molecule has 1 aliphatic heterocycles. The Kier molecular flexibility index (Phi) is 6.69. The molecule has 2 rings (SSSR count). The third-order valence-corrected chi connectivity index (χ3v) is 4.89. The average molecular weight is 366 g/mol. The van der Waals surface area contributed by atoms with E-state index >= 15 is 0 Å². The molecule has 1 heterocycles. The molecule has 2 amide bonds. The molecule has 1 saturated heterocycles. The van der Waals surface area contributed by atoms with Gasteiger partial charge in [0.15, 0.2) is 0 Å². The molecule has 1 aromatic carbocycles. The molecule has 0 saturated carbocycles. The molecule has 0 aromatic heterocycles. The van der Waals surface area contributed by atoms with Crippen molar-refractivity contribution in [1.29, 1.82) is 0 Å². The van der Waals surface area contributed by atoms with Gasteiger partial charge in [-0.25, -0.2) is 9.59 Å². The Hall–Kier alpha value is -2.22. The Labute approximate surface area is 151 Å². The van der Waals surface area contributed by atoms with Gasteiger partial charge in [-0.1, -0.05) is 44.2 Å². The van der Waals surface area contributed by atoms with Gasteiger partial charge in [0, 0.05) is 5.75 Å². The minimum Gasteiger partial charge on any atom is -0.467 e. The second kappa shape index (κ2) is 8.75. The predicted molar refractivity (Wildman–Crippen MR) is 93.5 cm³/mol. The summed E-state index contributed by atoms with van der Waals surface area (Å²) in [5.41, 5.74) is 0.858. The van der Waals surface area contributed by atoms with Gasteiger partial charge in [0.1, 0.15) is 18.7 Å². The van der Waals surface area contributed by atoms with E-state index in [1.165, 1.54) is 23.4 Å². The van der Waals surface area contributed by atoms with E-state index < -0.39 is 24.1 Å². The fraction of sp³-hybridized carbons (Fsp3) is 0.471. The SMILES string of the molecule is COC(=O)[C@H](C(C)C)N1SC[C@H](NC(=O)OCc2ccccc2)C1=O. The fourth-order valence-corrected chi connectivity index (χ4v) is 3.71. The van der Waals surface area contributed by atoms with Gasteiger partial charge in [-0.15, -0.1) is 0 Å². The molecule has 1 fully saturated rings. The lowest BCUT2D eigenvalue weighted by molar-refractivity contribution is -0.150. The first-order chi connectivity index (χ1) is 11.9. The molecule has 136 valence electrons. The quantitative estimate of drug-likeness (QED) is 0.612. The summed E-state index contributed by atoms with van der Waals surface area (Å²) in [4.78, 5) is 36.4. The molecule has 0 aliphatic carbocycles. The lowest BCUT2D eigenvalue weighted by Gasteiger charge is -2.27. The molecule has 25 heavy (non-hydrogen) atoms. The zero-order valence-corrected chi connectivity index (χ0v) is 15.2. The maximum atomic E-state index is 12.5. The minimum absolute atomic E-state index is 0.104. The standard InChI is InChI=1S/C17H22N2O5S/c1-11(2)14(16(21)23-3)19-15(20)13(10-25-19)18-17(22)24-9-12-7-5-4-6-8-12/h4-8,11,13-14H,9-10H2,1-3H3,(H,18,22)/t13-,14-/m0/s1. The van der Waals surface area contributed by atoms with Crippen LogP contribution < -0.4 is 5.32 Å². The molecule has 8 heteroatoms. The summed E-state index contributed by atoms with van der Waals surface area (Å²) >= 11 is 1.21. The Morgan fingerprint density at radius 2 is 2.00 bits per heavy atom. The Morgan fingerprint density at radius 3 is 2.60 bits per heavy atom. The highest BCUT2D eigenvalue weighted by Gasteiger charge is 2.42. The van der Waals surface area contributed by atoms with Crippen LogP contribution in [-0.2, 0) is 25.7 Å². The van der Waals surface area contributed by atoms with Crippen LogP contribution in [0.25, 0.3) is 0 Å². The number of nitrogens with zero attached hydrogens (tertiary/aromatic N) is 1. The van der Waals surface area contributed by atoms with Crippen molar-refractivity contribution in [3.63, 3.8) is 0 Å². The molecule has 1 aromatic rings. The highest BCUT2D eigenvalue weighted by molar-refractivity contribution is 7.98. The average Bonchev–Trinajstić information content (AvgIpc) is 2.94. The third kappa shape index (κ3) is 4.88. The van der Waals surface area contributed by atoms with E-state index in [4.69, 9.17) is 9.47 Å². The van der Waals surface area contributed by atoms with E-state index in [0.717, 1.165) is 5.56 Å². The van der Waals surface area contributed by atoms with Crippen LogP contribution in [0.5, 0.6) is 0 Å². The van der Waals surface area contributed by atoms with Crippen LogP contribution in [0, 0.1) is 5.92 Å². The predicted octanol–water partition coefficient (Wildman–Crippen LogP) is 1.97. The number of alkyl carbamates (subject to hydrolysis) is 1. The molecule has 0 bridgehead atoms. The molecule has 0 unspecified atom stereocenters. The molecule has 1 aliphatic rings. The molecule has 7 nitrogen and oxygen atoms in total. The third-order valence-electron chi connectivity index (χ3n) is 3.73. The summed E-state index contributed by atoms with van der Waals surface area (Å²) in [6.45, 7) is 3.80. The van der Waals surface area contributed by atoms with Gasteiger partial charge in [-0.2, -0.15) is 0 Å². The van der Waals surface area contributed by atoms with Crippen LogP contribution in [0.2, 0.25) is 0 Å². The zero-order chi connectivity index (χ0) is 18.4. The van der Waals surface area contributed by atoms with Crippen LogP contribution in [0.1, 0.15) is 19.4 Å². The molecule has 0 spiro atoms. The summed E-state index contributed by atoms with van der Waals surface area (Å²) in [6.07, 6.45) is -0.663. The van der Waals surface area contributed by atoms with Gasteiger partial charge in [-0.05, 0) is 23.4 Å². The highest BCUT2D eigenvalue weighted by atomic mass is 32.2. The number of hydrogen-bond donors (Lipinski definition) is 1. The van der Waals surface area contributed by atoms with Crippen LogP contribution >= 0.6 is 11.9 Å². The summed E-state index contributed by atoms with van der Waals surface area (Å²) in [6, 6.07) is 7.85. The Balaban J connectivity index is 1.90. The number of nitrogens with one attached hydrogen (secondary N) is 1. The molecular formula is C17H22N2O5S.